The minimum Gasteiger partial charge on any atom is -0.368 e. The van der Waals surface area contributed by atoms with E-state index in [-0.39, 0.29) is 5.41 Å². The number of thioether (sulfide) groups is 1. The molecule has 0 N–H and O–H groups in total. The Morgan fingerprint density at radius 2 is 0.556 bits per heavy atom. The molecule has 28 aromatic carbocycles. The highest BCUT2D eigenvalue weighted by Crippen LogP contribution is 2.84. The lowest BCUT2D eigenvalue weighted by Gasteiger charge is -2.45. The fourth-order valence-electron chi connectivity index (χ4n) is 25.5. The molecular weight excluding hydrogens is 889 g/mol. The molecule has 28 aromatic rings. The Morgan fingerprint density at radius 1 is 0.292 bits per heavy atom. The predicted molar refractivity (Wildman–Crippen MR) is 309 cm³/mol. The molecule has 1 fully saturated rings. The SMILES string of the molecule is C(CCSC1CCCCO1)CCC12c3c4c5c6c7c8c(c9c%10c1c1c3c3c%11c4c4c5c5c7c7c%12c8c8c9c9c%10c%10c1c1c3c3c%11c%11c4c4c5c7c5c7c%12c8c8c9c9c%10c1c1c3c3c%11c4c5c4c7c8c9c1c34)C62. The van der Waals surface area contributed by atoms with Gasteiger partial charge in [0.25, 0.3) is 0 Å². The summed E-state index contributed by atoms with van der Waals surface area (Å²) >= 11 is 2.12. The molecule has 2 heteroatoms. The molecule has 1 nitrogen and oxygen atoms in total. The summed E-state index contributed by atoms with van der Waals surface area (Å²) in [7, 11) is 0. The van der Waals surface area contributed by atoms with Gasteiger partial charge in [-0.2, -0.15) is 0 Å². The minimum atomic E-state index is -0.0784. The van der Waals surface area contributed by atoms with Crippen LogP contribution in [0.15, 0.2) is 0 Å². The van der Waals surface area contributed by atoms with Crippen molar-refractivity contribution in [2.45, 2.75) is 61.7 Å². The molecule has 33 rings (SSSR count). The van der Waals surface area contributed by atoms with E-state index in [1.807, 2.05) is 22.3 Å². The van der Waals surface area contributed by atoms with E-state index in [4.69, 9.17) is 4.74 Å². The topological polar surface area (TPSA) is 9.23 Å². The van der Waals surface area contributed by atoms with Gasteiger partial charge in [-0.05, 0) is 351 Å². The van der Waals surface area contributed by atoms with Crippen molar-refractivity contribution in [1.82, 2.24) is 0 Å². The molecule has 1 unspecified atom stereocenters. The fourth-order valence-corrected chi connectivity index (χ4v) is 26.6. The quantitative estimate of drug-likeness (QED) is 0.116. The van der Waals surface area contributed by atoms with E-state index in [9.17, 15) is 0 Å². The second-order valence-corrected chi connectivity index (χ2v) is 28.0. The van der Waals surface area contributed by atoms with Gasteiger partial charge in [-0.25, -0.2) is 0 Å². The van der Waals surface area contributed by atoms with Crippen LogP contribution in [-0.2, 0) is 10.2 Å². The first-order chi connectivity index (χ1) is 35.9. The molecule has 0 radical (unpaired) electrons. The van der Waals surface area contributed by atoms with Gasteiger partial charge in [0.15, 0.2) is 0 Å². The van der Waals surface area contributed by atoms with Crippen LogP contribution in [-0.4, -0.2) is 17.8 Å². The Balaban J connectivity index is 1.00. The average Bonchev–Trinajstić information content (AvgIpc) is 4.27. The van der Waals surface area contributed by atoms with Crippen LogP contribution in [0.1, 0.15) is 73.1 Å². The van der Waals surface area contributed by atoms with Gasteiger partial charge in [0.2, 0.25) is 0 Å². The maximum atomic E-state index is 6.27. The number of unbranched alkanes of at least 4 members (excludes halogenated alkanes) is 2. The van der Waals surface area contributed by atoms with Crippen molar-refractivity contribution in [2.24, 2.45) is 0 Å². The second-order valence-electron chi connectivity index (χ2n) is 26.7. The van der Waals surface area contributed by atoms with Crippen LogP contribution in [0.25, 0.3) is 291 Å². The summed E-state index contributed by atoms with van der Waals surface area (Å²) in [6.07, 6.45) is 8.95. The van der Waals surface area contributed by atoms with Crippen molar-refractivity contribution in [2.75, 3.05) is 12.4 Å². The van der Waals surface area contributed by atoms with E-state index >= 15 is 0 Å². The minimum absolute atomic E-state index is 0.0784. The monoisotopic (exact) mass is 908 g/mol. The zero-order chi connectivity index (χ0) is 42.9. The zero-order valence-corrected chi connectivity index (χ0v) is 38.7. The van der Waals surface area contributed by atoms with Gasteiger partial charge in [-0.3, -0.25) is 0 Å². The Bertz CT molecular complexity index is 6900. The summed E-state index contributed by atoms with van der Waals surface area (Å²) in [5, 5.41) is 91.9. The van der Waals surface area contributed by atoms with Crippen LogP contribution in [0.4, 0.5) is 0 Å². The lowest BCUT2D eigenvalue weighted by molar-refractivity contribution is 0.0728. The maximum Gasteiger partial charge on any atom is 0.103 e. The summed E-state index contributed by atoms with van der Waals surface area (Å²) in [6.45, 7) is 0.955. The molecule has 72 heavy (non-hydrogen) atoms. The first-order valence-electron chi connectivity index (χ1n) is 27.9. The van der Waals surface area contributed by atoms with Gasteiger partial charge in [0.1, 0.15) is 5.44 Å². The van der Waals surface area contributed by atoms with Gasteiger partial charge in [-0.15, -0.1) is 11.8 Å². The molecule has 1 heterocycles. The molecule has 0 saturated carbocycles. The van der Waals surface area contributed by atoms with Crippen molar-refractivity contribution in [3.8, 4) is 0 Å². The van der Waals surface area contributed by atoms with Crippen LogP contribution >= 0.6 is 11.8 Å². The number of benzene rings is 18. The van der Waals surface area contributed by atoms with E-state index in [1.54, 1.807) is 291 Å². The summed E-state index contributed by atoms with van der Waals surface area (Å²) in [4.78, 5) is 0. The third-order valence-corrected chi connectivity index (χ3v) is 27.2. The molecule has 1 aliphatic heterocycles. The highest BCUT2D eigenvalue weighted by atomic mass is 32.2. The molecule has 0 aromatic heterocycles. The summed E-state index contributed by atoms with van der Waals surface area (Å²) < 4.78 is 6.27. The van der Waals surface area contributed by atoms with Crippen molar-refractivity contribution >= 4 is 303 Å². The van der Waals surface area contributed by atoms with Crippen LogP contribution in [0.3, 0.4) is 0 Å². The van der Waals surface area contributed by atoms with Crippen molar-refractivity contribution in [3.63, 3.8) is 0 Å². The van der Waals surface area contributed by atoms with Gasteiger partial charge in [-0.1, -0.05) is 12.8 Å². The molecule has 4 aliphatic carbocycles. The van der Waals surface area contributed by atoms with E-state index in [0.717, 1.165) is 6.61 Å². The Morgan fingerprint density at radius 3 is 0.847 bits per heavy atom. The fraction of sp³-hybridized carbons (Fsp3) is 0.171. The number of rotatable bonds is 7. The Labute approximate surface area is 401 Å². The second kappa shape index (κ2) is 6.98. The van der Waals surface area contributed by atoms with Crippen molar-refractivity contribution in [3.05, 3.63) is 22.3 Å². The van der Waals surface area contributed by atoms with E-state index in [1.165, 1.54) is 50.7 Å². The lowest BCUT2D eigenvalue weighted by Crippen LogP contribution is -2.37. The highest BCUT2D eigenvalue weighted by molar-refractivity contribution is 7.99. The van der Waals surface area contributed by atoms with Crippen LogP contribution < -0.4 is 0 Å². The largest absolute Gasteiger partial charge is 0.368 e. The first kappa shape index (κ1) is 28.7. The average molecular weight is 909 g/mol. The third kappa shape index (κ3) is 1.69. The first-order valence-corrected chi connectivity index (χ1v) is 29.0. The molecular formula is C70H20OS. The van der Waals surface area contributed by atoms with Crippen LogP contribution in [0, 0.1) is 0 Å². The standard InChI is InChI=1S/C70H20OS/c1(5-9-72-10-6-2-4-8-71-10)3-7-70-67-63-57-43-35-27-15-12-11-13-16(15)28-30-26-20(13)22-18-14(11)17-21-19(12)25-29(27)41(43)49-47-33(25)31(21)39-37-23(17)24(18)38-40-32(22)34(26)48-50-42(30)44(36(28)35)58(57)64(67)60(50)62-54(48)52(40)56-46(38)45(37)55-51(39)53(47)61(59(49)63)68(70)65(55)66(56)69(62)70/h10,67H,1-9H2. The summed E-state index contributed by atoms with van der Waals surface area (Å²) in [5.74, 6) is 1.60. The van der Waals surface area contributed by atoms with Crippen LogP contribution in [0.5, 0.6) is 0 Å². The van der Waals surface area contributed by atoms with Gasteiger partial charge in [0, 0.05) is 17.9 Å². The number of hydrogen-bond donors (Lipinski definition) is 0. The summed E-state index contributed by atoms with van der Waals surface area (Å²) in [5.41, 5.74) is 7.64. The Hall–Kier alpha value is -7.23. The molecule has 1 atom stereocenters. The predicted octanol–water partition coefficient (Wildman–Crippen LogP) is 20.0. The summed E-state index contributed by atoms with van der Waals surface area (Å²) in [6, 6.07) is 0. The van der Waals surface area contributed by atoms with Gasteiger partial charge < -0.3 is 4.74 Å². The highest BCUT2D eigenvalue weighted by Gasteiger charge is 2.62. The zero-order valence-electron chi connectivity index (χ0n) is 37.8. The van der Waals surface area contributed by atoms with Crippen molar-refractivity contribution < 1.29 is 4.74 Å². The normalized spacial score (nSPS) is 22.8. The third-order valence-electron chi connectivity index (χ3n) is 25.9. The maximum absolute atomic E-state index is 6.27. The van der Waals surface area contributed by atoms with E-state index in [0.29, 0.717) is 11.4 Å². The van der Waals surface area contributed by atoms with E-state index < -0.39 is 0 Å². The molecule has 312 valence electrons. The molecule has 5 aliphatic rings. The van der Waals surface area contributed by atoms with Gasteiger partial charge in [0.05, 0.1) is 0 Å². The molecule has 0 spiro atoms. The lowest BCUT2D eigenvalue weighted by atomic mass is 9.55. The molecule has 0 bridgehead atoms. The molecule has 1 saturated heterocycles. The Kier molecular flexibility index (Phi) is 2.78. The number of hydrogen-bond acceptors (Lipinski definition) is 2. The van der Waals surface area contributed by atoms with Crippen molar-refractivity contribution in [1.29, 1.82) is 0 Å². The number of ether oxygens (including phenoxy) is 1. The van der Waals surface area contributed by atoms with E-state index in [2.05, 4.69) is 11.8 Å². The smallest absolute Gasteiger partial charge is 0.103 e. The molecule has 0 amide bonds. The van der Waals surface area contributed by atoms with Crippen LogP contribution in [0.2, 0.25) is 0 Å². The van der Waals surface area contributed by atoms with Gasteiger partial charge >= 0.3 is 0 Å².